The van der Waals surface area contributed by atoms with E-state index in [4.69, 9.17) is 9.47 Å². The Bertz CT molecular complexity index is 495. The van der Waals surface area contributed by atoms with E-state index in [9.17, 15) is 5.11 Å². The minimum absolute atomic E-state index is 0.180. The number of aliphatic hydroxyl groups excluding tert-OH is 1. The molecule has 2 aliphatic heterocycles. The van der Waals surface area contributed by atoms with Crippen molar-refractivity contribution in [3.8, 4) is 5.75 Å². The van der Waals surface area contributed by atoms with Gasteiger partial charge in [0, 0.05) is 24.8 Å². The predicted molar refractivity (Wildman–Crippen MR) is 73.4 cm³/mol. The first-order chi connectivity index (χ1) is 8.89. The quantitative estimate of drug-likeness (QED) is 0.780. The number of fused-ring (bicyclic) bond motifs is 1. The molecule has 1 saturated heterocycles. The molecule has 104 valence electrons. The number of aryl methyl sites for hydroxylation is 1. The van der Waals surface area contributed by atoms with Crippen LogP contribution < -0.4 is 4.74 Å². The number of ether oxygens (including phenoxy) is 2. The summed E-state index contributed by atoms with van der Waals surface area (Å²) in [5, 5.41) is 10.5. The van der Waals surface area contributed by atoms with Crippen molar-refractivity contribution in [2.75, 3.05) is 6.61 Å². The molecule has 3 nitrogen and oxygen atoms in total. The van der Waals surface area contributed by atoms with Gasteiger partial charge in [-0.3, -0.25) is 0 Å². The number of hydrogen-bond acceptors (Lipinski definition) is 3. The fourth-order valence-corrected chi connectivity index (χ4v) is 3.45. The summed E-state index contributed by atoms with van der Waals surface area (Å²) in [6, 6.07) is 6.05. The van der Waals surface area contributed by atoms with Gasteiger partial charge in [-0.2, -0.15) is 0 Å². The first-order valence-corrected chi connectivity index (χ1v) is 7.01. The van der Waals surface area contributed by atoms with Crippen molar-refractivity contribution in [3.05, 3.63) is 29.3 Å². The third kappa shape index (κ3) is 2.37. The summed E-state index contributed by atoms with van der Waals surface area (Å²) in [5.41, 5.74) is 1.63. The maximum absolute atomic E-state index is 10.5. The summed E-state index contributed by atoms with van der Waals surface area (Å²) in [6.07, 6.45) is 1.90. The van der Waals surface area contributed by atoms with Crippen LogP contribution in [0.15, 0.2) is 18.2 Å². The van der Waals surface area contributed by atoms with Gasteiger partial charge in [0.25, 0.3) is 0 Å². The molecule has 2 atom stereocenters. The van der Waals surface area contributed by atoms with Gasteiger partial charge in [0.1, 0.15) is 11.4 Å². The normalized spacial score (nSPS) is 32.7. The van der Waals surface area contributed by atoms with Gasteiger partial charge in [0.2, 0.25) is 0 Å². The monoisotopic (exact) mass is 262 g/mol. The lowest BCUT2D eigenvalue weighted by Crippen LogP contribution is -2.51. The second-order valence-electron chi connectivity index (χ2n) is 6.58. The lowest BCUT2D eigenvalue weighted by molar-refractivity contribution is -0.151. The average Bonchev–Trinajstić information content (AvgIpc) is 2.29. The molecular formula is C16H22O3. The molecule has 2 heterocycles. The molecule has 0 amide bonds. The van der Waals surface area contributed by atoms with Gasteiger partial charge in [-0.05, 0) is 32.9 Å². The highest BCUT2D eigenvalue weighted by Crippen LogP contribution is 2.47. The van der Waals surface area contributed by atoms with Crippen LogP contribution in [0.2, 0.25) is 0 Å². The van der Waals surface area contributed by atoms with E-state index in [1.165, 1.54) is 0 Å². The smallest absolute Gasteiger partial charge is 0.125 e. The van der Waals surface area contributed by atoms with Crippen molar-refractivity contribution in [2.45, 2.75) is 57.3 Å². The largest absolute Gasteiger partial charge is 0.487 e. The van der Waals surface area contributed by atoms with E-state index in [-0.39, 0.29) is 11.2 Å². The first-order valence-electron chi connectivity index (χ1n) is 7.01. The Labute approximate surface area is 114 Å². The second-order valence-corrected chi connectivity index (χ2v) is 6.58. The van der Waals surface area contributed by atoms with Crippen LogP contribution in [0.4, 0.5) is 0 Å². The van der Waals surface area contributed by atoms with E-state index < -0.39 is 6.10 Å². The van der Waals surface area contributed by atoms with E-state index in [1.54, 1.807) is 0 Å². The molecule has 3 heteroatoms. The third-order valence-corrected chi connectivity index (χ3v) is 4.21. The maximum atomic E-state index is 10.5. The van der Waals surface area contributed by atoms with Gasteiger partial charge in [0.15, 0.2) is 0 Å². The summed E-state index contributed by atoms with van der Waals surface area (Å²) in [6.45, 7) is 6.92. The van der Waals surface area contributed by atoms with Crippen molar-refractivity contribution in [1.82, 2.24) is 0 Å². The van der Waals surface area contributed by atoms with Crippen molar-refractivity contribution < 1.29 is 14.6 Å². The Morgan fingerprint density at radius 3 is 2.84 bits per heavy atom. The van der Waals surface area contributed by atoms with Crippen LogP contribution in [-0.4, -0.2) is 22.9 Å². The topological polar surface area (TPSA) is 38.7 Å². The molecule has 0 radical (unpaired) electrons. The zero-order chi connectivity index (χ0) is 13.7. The summed E-state index contributed by atoms with van der Waals surface area (Å²) in [5.74, 6) is 0.835. The first kappa shape index (κ1) is 12.9. The van der Waals surface area contributed by atoms with Crippen molar-refractivity contribution in [1.29, 1.82) is 0 Å². The van der Waals surface area contributed by atoms with Crippen LogP contribution in [-0.2, 0) is 4.74 Å². The summed E-state index contributed by atoms with van der Waals surface area (Å²) in [4.78, 5) is 0. The van der Waals surface area contributed by atoms with Crippen LogP contribution in [0.1, 0.15) is 50.3 Å². The molecule has 0 bridgehead atoms. The molecule has 2 aliphatic rings. The zero-order valence-electron chi connectivity index (χ0n) is 11.9. The Balaban J connectivity index is 1.94. The van der Waals surface area contributed by atoms with Crippen LogP contribution in [0, 0.1) is 6.92 Å². The van der Waals surface area contributed by atoms with Gasteiger partial charge >= 0.3 is 0 Å². The van der Waals surface area contributed by atoms with Gasteiger partial charge in [-0.25, -0.2) is 0 Å². The number of benzene rings is 1. The molecule has 1 N–H and O–H groups in total. The van der Waals surface area contributed by atoms with Gasteiger partial charge in [0.05, 0.1) is 18.3 Å². The Morgan fingerprint density at radius 2 is 2.11 bits per heavy atom. The molecule has 1 aromatic rings. The summed E-state index contributed by atoms with van der Waals surface area (Å²) < 4.78 is 12.1. The van der Waals surface area contributed by atoms with Crippen LogP contribution in [0.3, 0.4) is 0 Å². The van der Waals surface area contributed by atoms with Crippen LogP contribution >= 0.6 is 0 Å². The summed E-state index contributed by atoms with van der Waals surface area (Å²) >= 11 is 0. The van der Waals surface area contributed by atoms with Gasteiger partial charge in [-0.15, -0.1) is 0 Å². The Hall–Kier alpha value is -1.06. The van der Waals surface area contributed by atoms with E-state index in [0.717, 1.165) is 29.7 Å². The predicted octanol–water partition coefficient (Wildman–Crippen LogP) is 3.14. The fourth-order valence-electron chi connectivity index (χ4n) is 3.45. The zero-order valence-corrected chi connectivity index (χ0v) is 11.9. The molecule has 0 saturated carbocycles. The van der Waals surface area contributed by atoms with E-state index in [1.807, 2.05) is 25.1 Å². The fraction of sp³-hybridized carbons (Fsp3) is 0.625. The third-order valence-electron chi connectivity index (χ3n) is 4.21. The Kier molecular flexibility index (Phi) is 2.88. The molecule has 1 unspecified atom stereocenters. The lowest BCUT2D eigenvalue weighted by Gasteiger charge is -2.48. The second kappa shape index (κ2) is 4.22. The van der Waals surface area contributed by atoms with E-state index in [0.29, 0.717) is 13.0 Å². The van der Waals surface area contributed by atoms with Crippen LogP contribution in [0.25, 0.3) is 0 Å². The van der Waals surface area contributed by atoms with Crippen LogP contribution in [0.5, 0.6) is 5.75 Å². The maximum Gasteiger partial charge on any atom is 0.125 e. The number of rotatable bonds is 0. The SMILES string of the molecule is Cc1ccc2c(c1)[C@H](O)CC1(CCOC(C)(C)C1)O2. The minimum Gasteiger partial charge on any atom is -0.487 e. The molecule has 1 fully saturated rings. The van der Waals surface area contributed by atoms with Crippen molar-refractivity contribution in [2.24, 2.45) is 0 Å². The average molecular weight is 262 g/mol. The minimum atomic E-state index is -0.433. The van der Waals surface area contributed by atoms with E-state index >= 15 is 0 Å². The van der Waals surface area contributed by atoms with Crippen molar-refractivity contribution in [3.63, 3.8) is 0 Å². The number of hydrogen-bond donors (Lipinski definition) is 1. The highest BCUT2D eigenvalue weighted by molar-refractivity contribution is 5.41. The molecule has 1 aromatic carbocycles. The molecule has 1 spiro atoms. The number of aliphatic hydroxyl groups is 1. The van der Waals surface area contributed by atoms with Gasteiger partial charge < -0.3 is 14.6 Å². The highest BCUT2D eigenvalue weighted by Gasteiger charge is 2.47. The molecule has 3 rings (SSSR count). The lowest BCUT2D eigenvalue weighted by atomic mass is 9.77. The summed E-state index contributed by atoms with van der Waals surface area (Å²) in [7, 11) is 0. The van der Waals surface area contributed by atoms with Crippen molar-refractivity contribution >= 4 is 0 Å². The standard InChI is InChI=1S/C16H22O3/c1-11-4-5-14-12(8-11)13(17)9-16(19-14)6-7-18-15(2,3)10-16/h4-5,8,13,17H,6-7,9-10H2,1-3H3/t13-,16?/m1/s1. The molecule has 0 aliphatic carbocycles. The highest BCUT2D eigenvalue weighted by atomic mass is 16.5. The molecular weight excluding hydrogens is 240 g/mol. The van der Waals surface area contributed by atoms with E-state index in [2.05, 4.69) is 13.8 Å². The molecule has 19 heavy (non-hydrogen) atoms. The molecule has 0 aromatic heterocycles. The van der Waals surface area contributed by atoms with Gasteiger partial charge in [-0.1, -0.05) is 11.6 Å². The Morgan fingerprint density at radius 1 is 1.32 bits per heavy atom.